The summed E-state index contributed by atoms with van der Waals surface area (Å²) < 4.78 is 12.6. The van der Waals surface area contributed by atoms with Crippen molar-refractivity contribution in [2.45, 2.75) is 38.7 Å². The number of benzene rings is 2. The Morgan fingerprint density at radius 3 is 2.97 bits per heavy atom. The molecule has 0 radical (unpaired) electrons. The lowest BCUT2D eigenvalue weighted by molar-refractivity contribution is 0.0917. The van der Waals surface area contributed by atoms with Gasteiger partial charge in [0.15, 0.2) is 5.13 Å². The summed E-state index contributed by atoms with van der Waals surface area (Å²) in [6, 6.07) is 13.0. The second-order valence-corrected chi connectivity index (χ2v) is 8.78. The molecule has 1 fully saturated rings. The van der Waals surface area contributed by atoms with E-state index >= 15 is 0 Å². The summed E-state index contributed by atoms with van der Waals surface area (Å²) in [5.41, 5.74) is 1.30. The first-order chi connectivity index (χ1) is 14.7. The first-order valence-corrected chi connectivity index (χ1v) is 11.6. The van der Waals surface area contributed by atoms with Crippen molar-refractivity contribution < 1.29 is 14.3 Å². The number of unbranched alkanes of at least 4 members (excludes halogenated alkanes) is 1. The van der Waals surface area contributed by atoms with Crippen molar-refractivity contribution in [2.75, 3.05) is 24.7 Å². The maximum atomic E-state index is 13.5. The Kier molecular flexibility index (Phi) is 6.87. The predicted molar refractivity (Wildman–Crippen MR) is 122 cm³/mol. The van der Waals surface area contributed by atoms with Gasteiger partial charge in [0.2, 0.25) is 0 Å². The van der Waals surface area contributed by atoms with Crippen molar-refractivity contribution in [3.8, 4) is 5.75 Å². The van der Waals surface area contributed by atoms with Crippen LogP contribution in [0.3, 0.4) is 0 Å². The minimum absolute atomic E-state index is 0.0143. The molecule has 1 aliphatic rings. The van der Waals surface area contributed by atoms with E-state index in [4.69, 9.17) is 21.1 Å². The number of aromatic nitrogens is 1. The minimum atomic E-state index is -0.110. The summed E-state index contributed by atoms with van der Waals surface area (Å²) >= 11 is 7.79. The van der Waals surface area contributed by atoms with Crippen LogP contribution in [0, 0.1) is 0 Å². The Labute approximate surface area is 185 Å². The van der Waals surface area contributed by atoms with Crippen LogP contribution in [0.5, 0.6) is 5.75 Å². The SMILES string of the molecule is CCCCOc1cccc(C(=O)N(CC2CCCO2)c2nc3c(Cl)cccc3s2)c1. The molecule has 1 saturated heterocycles. The molecule has 0 saturated carbocycles. The summed E-state index contributed by atoms with van der Waals surface area (Å²) in [6.07, 6.45) is 4.01. The molecule has 0 spiro atoms. The highest BCUT2D eigenvalue weighted by atomic mass is 35.5. The fourth-order valence-corrected chi connectivity index (χ4v) is 4.74. The van der Waals surface area contributed by atoms with Gasteiger partial charge in [-0.3, -0.25) is 9.69 Å². The number of halogens is 1. The molecule has 0 N–H and O–H groups in total. The van der Waals surface area contributed by atoms with Gasteiger partial charge in [0, 0.05) is 12.2 Å². The Morgan fingerprint density at radius 1 is 1.33 bits per heavy atom. The normalized spacial score (nSPS) is 16.1. The lowest BCUT2D eigenvalue weighted by atomic mass is 10.1. The van der Waals surface area contributed by atoms with E-state index in [1.165, 1.54) is 11.3 Å². The van der Waals surface area contributed by atoms with Gasteiger partial charge in [0.25, 0.3) is 5.91 Å². The van der Waals surface area contributed by atoms with Gasteiger partial charge in [-0.1, -0.05) is 48.4 Å². The van der Waals surface area contributed by atoms with Crippen LogP contribution in [0.1, 0.15) is 43.0 Å². The van der Waals surface area contributed by atoms with Crippen LogP contribution in [-0.4, -0.2) is 36.8 Å². The average molecular weight is 445 g/mol. The zero-order valence-corrected chi connectivity index (χ0v) is 18.5. The minimum Gasteiger partial charge on any atom is -0.494 e. The Hall–Kier alpha value is -2.15. The summed E-state index contributed by atoms with van der Waals surface area (Å²) in [7, 11) is 0. The van der Waals surface area contributed by atoms with Gasteiger partial charge in [-0.2, -0.15) is 0 Å². The smallest absolute Gasteiger partial charge is 0.260 e. The molecule has 4 rings (SSSR count). The monoisotopic (exact) mass is 444 g/mol. The molecular weight excluding hydrogens is 420 g/mol. The molecule has 1 unspecified atom stereocenters. The van der Waals surface area contributed by atoms with Gasteiger partial charge in [0.1, 0.15) is 11.3 Å². The number of anilines is 1. The standard InChI is InChI=1S/C23H25ClN2O3S/c1-2-3-12-28-17-8-4-7-16(14-17)22(27)26(15-18-9-6-13-29-18)23-25-21-19(24)10-5-11-20(21)30-23/h4-5,7-8,10-11,14,18H,2-3,6,9,12-13,15H2,1H3. The van der Waals surface area contributed by atoms with Crippen molar-refractivity contribution in [3.05, 3.63) is 53.1 Å². The number of nitrogens with zero attached hydrogens (tertiary/aromatic N) is 2. The first kappa shape index (κ1) is 21.1. The number of thiazole rings is 1. The molecule has 1 aliphatic heterocycles. The van der Waals surface area contributed by atoms with Crippen LogP contribution < -0.4 is 9.64 Å². The molecular formula is C23H25ClN2O3S. The van der Waals surface area contributed by atoms with Crippen molar-refractivity contribution in [1.29, 1.82) is 0 Å². The van der Waals surface area contributed by atoms with E-state index in [1.54, 1.807) is 11.0 Å². The Balaban J connectivity index is 1.64. The van der Waals surface area contributed by atoms with Gasteiger partial charge >= 0.3 is 0 Å². The molecule has 3 aromatic rings. The Bertz CT molecular complexity index is 1020. The van der Waals surface area contributed by atoms with E-state index in [0.717, 1.165) is 42.5 Å². The molecule has 2 aromatic carbocycles. The van der Waals surface area contributed by atoms with Crippen LogP contribution in [0.15, 0.2) is 42.5 Å². The van der Waals surface area contributed by atoms with Gasteiger partial charge in [0.05, 0.1) is 29.0 Å². The van der Waals surface area contributed by atoms with E-state index < -0.39 is 0 Å². The van der Waals surface area contributed by atoms with Crippen molar-refractivity contribution >= 4 is 44.2 Å². The number of fused-ring (bicyclic) bond motifs is 1. The van der Waals surface area contributed by atoms with Crippen molar-refractivity contribution in [1.82, 2.24) is 4.98 Å². The third kappa shape index (κ3) is 4.77. The summed E-state index contributed by atoms with van der Waals surface area (Å²) in [6.45, 7) is 3.97. The van der Waals surface area contributed by atoms with E-state index in [2.05, 4.69) is 11.9 Å². The lowest BCUT2D eigenvalue weighted by Gasteiger charge is -2.23. The van der Waals surface area contributed by atoms with E-state index in [0.29, 0.717) is 34.6 Å². The van der Waals surface area contributed by atoms with Gasteiger partial charge in [-0.15, -0.1) is 0 Å². The summed E-state index contributed by atoms with van der Waals surface area (Å²) in [5, 5.41) is 1.22. The molecule has 1 amide bonds. The van der Waals surface area contributed by atoms with Crippen LogP contribution in [0.4, 0.5) is 5.13 Å². The van der Waals surface area contributed by atoms with Gasteiger partial charge < -0.3 is 9.47 Å². The zero-order chi connectivity index (χ0) is 20.9. The molecule has 1 atom stereocenters. The van der Waals surface area contributed by atoms with E-state index in [1.807, 2.05) is 36.4 Å². The number of para-hydroxylation sites is 1. The molecule has 0 bridgehead atoms. The quantitative estimate of drug-likeness (QED) is 0.402. The maximum absolute atomic E-state index is 13.5. The topological polar surface area (TPSA) is 51.7 Å². The fraction of sp³-hybridized carbons (Fsp3) is 0.391. The fourth-order valence-electron chi connectivity index (χ4n) is 3.47. The molecule has 158 valence electrons. The molecule has 30 heavy (non-hydrogen) atoms. The molecule has 0 aliphatic carbocycles. The van der Waals surface area contributed by atoms with Gasteiger partial charge in [-0.05, 0) is 49.6 Å². The summed E-state index contributed by atoms with van der Waals surface area (Å²) in [4.78, 5) is 19.9. The maximum Gasteiger partial charge on any atom is 0.260 e. The lowest BCUT2D eigenvalue weighted by Crippen LogP contribution is -2.37. The van der Waals surface area contributed by atoms with E-state index in [9.17, 15) is 4.79 Å². The number of hydrogen-bond donors (Lipinski definition) is 0. The average Bonchev–Trinajstić information content (AvgIpc) is 3.42. The predicted octanol–water partition coefficient (Wildman–Crippen LogP) is 5.95. The molecule has 7 heteroatoms. The number of hydrogen-bond acceptors (Lipinski definition) is 5. The molecule has 2 heterocycles. The van der Waals surface area contributed by atoms with Crippen LogP contribution in [0.2, 0.25) is 5.02 Å². The number of carbonyl (C=O) groups excluding carboxylic acids is 1. The van der Waals surface area contributed by atoms with Crippen molar-refractivity contribution in [2.24, 2.45) is 0 Å². The van der Waals surface area contributed by atoms with Crippen LogP contribution in [-0.2, 0) is 4.74 Å². The zero-order valence-electron chi connectivity index (χ0n) is 17.0. The highest BCUT2D eigenvalue weighted by molar-refractivity contribution is 7.22. The van der Waals surface area contributed by atoms with Crippen LogP contribution in [0.25, 0.3) is 10.2 Å². The van der Waals surface area contributed by atoms with Crippen molar-refractivity contribution in [3.63, 3.8) is 0 Å². The van der Waals surface area contributed by atoms with E-state index in [-0.39, 0.29) is 12.0 Å². The Morgan fingerprint density at radius 2 is 2.20 bits per heavy atom. The van der Waals surface area contributed by atoms with Gasteiger partial charge in [-0.25, -0.2) is 4.98 Å². The van der Waals surface area contributed by atoms with Crippen LogP contribution >= 0.6 is 22.9 Å². The number of amides is 1. The first-order valence-electron chi connectivity index (χ1n) is 10.4. The molecule has 5 nitrogen and oxygen atoms in total. The number of ether oxygens (including phenoxy) is 2. The second-order valence-electron chi connectivity index (χ2n) is 7.36. The summed E-state index contributed by atoms with van der Waals surface area (Å²) in [5.74, 6) is 0.598. The highest BCUT2D eigenvalue weighted by Gasteiger charge is 2.27. The number of carbonyl (C=O) groups is 1. The number of rotatable bonds is 8. The highest BCUT2D eigenvalue weighted by Crippen LogP contribution is 2.34. The molecule has 1 aromatic heterocycles. The largest absolute Gasteiger partial charge is 0.494 e. The second kappa shape index (κ2) is 9.77. The third-order valence-electron chi connectivity index (χ3n) is 5.09. The third-order valence-corrected chi connectivity index (χ3v) is 6.44.